The van der Waals surface area contributed by atoms with E-state index in [1.54, 1.807) is 0 Å². The third-order valence-electron chi connectivity index (χ3n) is 4.66. The van der Waals surface area contributed by atoms with Gasteiger partial charge in [-0.2, -0.15) is 0 Å². The molecule has 0 aliphatic rings. The Kier molecular flexibility index (Phi) is 8.50. The van der Waals surface area contributed by atoms with Crippen LogP contribution in [0.3, 0.4) is 0 Å². The molecule has 0 fully saturated rings. The van der Waals surface area contributed by atoms with Crippen LogP contribution in [0.15, 0.2) is 36.4 Å². The molecule has 0 aliphatic carbocycles. The fourth-order valence-corrected chi connectivity index (χ4v) is 10.9. The second kappa shape index (κ2) is 9.47. The van der Waals surface area contributed by atoms with Crippen molar-refractivity contribution in [2.45, 2.75) is 58.2 Å². The standard InChI is InChI=1S/C20H35O4PSi/c1-8-23-25(22,24-9-2)20(26(5,6)7,19(21)17(3)4)16-15-18-13-11-10-12-14-18/h10-17,19,21H,8-9H2,1-7H3/b16-15+. The average molecular weight is 399 g/mol. The molecule has 2 atom stereocenters. The monoisotopic (exact) mass is 398 g/mol. The van der Waals surface area contributed by atoms with E-state index in [1.165, 1.54) is 0 Å². The molecule has 6 heteroatoms. The molecule has 0 aliphatic heterocycles. The summed E-state index contributed by atoms with van der Waals surface area (Å²) < 4.78 is 24.5. The molecule has 0 aromatic heterocycles. The molecule has 0 radical (unpaired) electrons. The van der Waals surface area contributed by atoms with E-state index in [9.17, 15) is 9.67 Å². The molecule has 0 heterocycles. The normalized spacial score (nSPS) is 16.8. The van der Waals surface area contributed by atoms with Gasteiger partial charge in [0.05, 0.1) is 27.4 Å². The molecule has 0 saturated heterocycles. The lowest BCUT2D eigenvalue weighted by Gasteiger charge is -2.49. The zero-order valence-electron chi connectivity index (χ0n) is 17.2. The summed E-state index contributed by atoms with van der Waals surface area (Å²) in [6, 6.07) is 9.84. The maximum Gasteiger partial charge on any atom is 0.340 e. The van der Waals surface area contributed by atoms with E-state index >= 15 is 0 Å². The molecule has 2 unspecified atom stereocenters. The van der Waals surface area contributed by atoms with Gasteiger partial charge in [-0.1, -0.05) is 76.0 Å². The molecular formula is C20H35O4PSi. The Labute approximate surface area is 160 Å². The Bertz CT molecular complexity index is 614. The van der Waals surface area contributed by atoms with Crippen molar-refractivity contribution < 1.29 is 18.7 Å². The Morgan fingerprint density at radius 1 is 1.12 bits per heavy atom. The predicted octanol–water partition coefficient (Wildman–Crippen LogP) is 5.60. The summed E-state index contributed by atoms with van der Waals surface area (Å²) in [4.78, 5) is 0. The SMILES string of the molecule is CCOP(=O)(OCC)C(/C=C/c1ccccc1)(C(O)C(C)C)[Si](C)(C)C. The zero-order valence-corrected chi connectivity index (χ0v) is 19.1. The van der Waals surface area contributed by atoms with E-state index in [4.69, 9.17) is 9.05 Å². The topological polar surface area (TPSA) is 55.8 Å². The van der Waals surface area contributed by atoms with E-state index in [0.717, 1.165) is 5.56 Å². The number of benzene rings is 1. The molecule has 0 saturated carbocycles. The third kappa shape index (κ3) is 4.76. The van der Waals surface area contributed by atoms with Crippen molar-refractivity contribution >= 4 is 21.7 Å². The summed E-state index contributed by atoms with van der Waals surface area (Å²) in [5.41, 5.74) is 0.991. The Morgan fingerprint density at radius 2 is 1.62 bits per heavy atom. The van der Waals surface area contributed by atoms with Crippen molar-refractivity contribution in [3.63, 3.8) is 0 Å². The number of hydrogen-bond donors (Lipinski definition) is 1. The van der Waals surface area contributed by atoms with Crippen molar-refractivity contribution in [3.05, 3.63) is 42.0 Å². The molecule has 0 amide bonds. The predicted molar refractivity (Wildman–Crippen MR) is 113 cm³/mol. The second-order valence-corrected chi connectivity index (χ2v) is 15.8. The molecular weight excluding hydrogens is 363 g/mol. The fraction of sp³-hybridized carbons (Fsp3) is 0.600. The number of aliphatic hydroxyl groups excluding tert-OH is 1. The van der Waals surface area contributed by atoms with E-state index in [-0.39, 0.29) is 19.1 Å². The van der Waals surface area contributed by atoms with Gasteiger partial charge in [0.2, 0.25) is 0 Å². The highest BCUT2D eigenvalue weighted by molar-refractivity contribution is 7.59. The van der Waals surface area contributed by atoms with Gasteiger partial charge in [-0.05, 0) is 25.3 Å². The minimum absolute atomic E-state index is 0.0867. The van der Waals surface area contributed by atoms with Gasteiger partial charge < -0.3 is 14.2 Å². The van der Waals surface area contributed by atoms with Crippen LogP contribution < -0.4 is 0 Å². The van der Waals surface area contributed by atoms with Gasteiger partial charge >= 0.3 is 7.60 Å². The minimum atomic E-state index is -3.60. The first-order valence-electron chi connectivity index (χ1n) is 9.37. The van der Waals surface area contributed by atoms with Gasteiger partial charge in [0.15, 0.2) is 0 Å². The van der Waals surface area contributed by atoms with E-state index in [1.807, 2.05) is 70.2 Å². The molecule has 1 rings (SSSR count). The summed E-state index contributed by atoms with van der Waals surface area (Å²) >= 11 is 0. The first-order valence-corrected chi connectivity index (χ1v) is 14.4. The van der Waals surface area contributed by atoms with E-state index in [0.29, 0.717) is 0 Å². The summed E-state index contributed by atoms with van der Waals surface area (Å²) in [5.74, 6) is -0.0867. The van der Waals surface area contributed by atoms with Crippen molar-refractivity contribution in [2.75, 3.05) is 13.2 Å². The third-order valence-corrected chi connectivity index (χ3v) is 12.9. The first-order chi connectivity index (χ1) is 12.1. The highest BCUT2D eigenvalue weighted by atomic mass is 31.2. The van der Waals surface area contributed by atoms with Crippen LogP contribution in [0.1, 0.15) is 33.3 Å². The van der Waals surface area contributed by atoms with E-state index < -0.39 is 26.6 Å². The van der Waals surface area contributed by atoms with Crippen LogP contribution in [0.25, 0.3) is 6.08 Å². The Balaban J connectivity index is 3.70. The van der Waals surface area contributed by atoms with Crippen LogP contribution in [0.5, 0.6) is 0 Å². The highest BCUT2D eigenvalue weighted by Crippen LogP contribution is 2.66. The number of aliphatic hydroxyl groups is 1. The van der Waals surface area contributed by atoms with Gasteiger partial charge in [-0.15, -0.1) is 0 Å². The molecule has 1 aromatic carbocycles. The van der Waals surface area contributed by atoms with Crippen LogP contribution in [0.2, 0.25) is 19.6 Å². The molecule has 0 spiro atoms. The van der Waals surface area contributed by atoms with Gasteiger partial charge in [-0.25, -0.2) is 0 Å². The van der Waals surface area contributed by atoms with Crippen molar-refractivity contribution in [2.24, 2.45) is 5.92 Å². The lowest BCUT2D eigenvalue weighted by atomic mass is 10.0. The van der Waals surface area contributed by atoms with Crippen LogP contribution in [-0.4, -0.2) is 37.3 Å². The van der Waals surface area contributed by atoms with Gasteiger partial charge in [0, 0.05) is 0 Å². The van der Waals surface area contributed by atoms with Gasteiger partial charge in [0.25, 0.3) is 0 Å². The van der Waals surface area contributed by atoms with Gasteiger partial charge in [-0.3, -0.25) is 4.57 Å². The lowest BCUT2D eigenvalue weighted by molar-refractivity contribution is 0.0972. The summed E-state index contributed by atoms with van der Waals surface area (Å²) in [7, 11) is -5.88. The van der Waals surface area contributed by atoms with Crippen LogP contribution in [0, 0.1) is 5.92 Å². The maximum atomic E-state index is 14.0. The summed E-state index contributed by atoms with van der Waals surface area (Å²) in [6.07, 6.45) is 3.01. The second-order valence-electron chi connectivity index (χ2n) is 7.84. The molecule has 148 valence electrons. The van der Waals surface area contributed by atoms with Crippen molar-refractivity contribution in [1.82, 2.24) is 0 Å². The average Bonchev–Trinajstić information content (AvgIpc) is 2.55. The quantitative estimate of drug-likeness (QED) is 0.412. The smallest absolute Gasteiger partial charge is 0.340 e. The van der Waals surface area contributed by atoms with Crippen molar-refractivity contribution in [3.8, 4) is 0 Å². The molecule has 4 nitrogen and oxygen atoms in total. The Hall–Kier alpha value is -0.713. The Morgan fingerprint density at radius 3 is 2.00 bits per heavy atom. The van der Waals surface area contributed by atoms with Gasteiger partial charge in [0.1, 0.15) is 4.78 Å². The first kappa shape index (κ1) is 23.3. The largest absolute Gasteiger partial charge is 0.392 e. The zero-order chi connectivity index (χ0) is 20.0. The minimum Gasteiger partial charge on any atom is -0.392 e. The maximum absolute atomic E-state index is 14.0. The number of rotatable bonds is 10. The molecule has 26 heavy (non-hydrogen) atoms. The molecule has 1 N–H and O–H groups in total. The van der Waals surface area contributed by atoms with Crippen LogP contribution >= 0.6 is 7.60 Å². The lowest BCUT2D eigenvalue weighted by Crippen LogP contribution is -2.60. The number of hydrogen-bond acceptors (Lipinski definition) is 4. The van der Waals surface area contributed by atoms with Crippen LogP contribution in [-0.2, 0) is 13.6 Å². The molecule has 1 aromatic rings. The molecule has 0 bridgehead atoms. The summed E-state index contributed by atoms with van der Waals surface area (Å²) in [6.45, 7) is 14.4. The highest BCUT2D eigenvalue weighted by Gasteiger charge is 2.62. The van der Waals surface area contributed by atoms with E-state index in [2.05, 4.69) is 19.6 Å². The summed E-state index contributed by atoms with van der Waals surface area (Å²) in [5, 5.41) is 11.3. The van der Waals surface area contributed by atoms with Crippen molar-refractivity contribution in [1.29, 1.82) is 0 Å². The van der Waals surface area contributed by atoms with Crippen LogP contribution in [0.4, 0.5) is 0 Å². The fourth-order valence-electron chi connectivity index (χ4n) is 3.34.